The molecule has 0 unspecified atom stereocenters. The largest absolute Gasteiger partial charge is 0.488 e. The highest BCUT2D eigenvalue weighted by molar-refractivity contribution is 6.21. The molecule has 3 aromatic rings. The van der Waals surface area contributed by atoms with Crippen LogP contribution in [0.1, 0.15) is 27.9 Å². The van der Waals surface area contributed by atoms with Gasteiger partial charge in [-0.25, -0.2) is 0 Å². The molecule has 0 amide bonds. The summed E-state index contributed by atoms with van der Waals surface area (Å²) in [6.45, 7) is 0.619. The van der Waals surface area contributed by atoms with E-state index in [9.17, 15) is 4.79 Å². The highest BCUT2D eigenvalue weighted by Gasteiger charge is 2.26. The molecule has 138 valence electrons. The third-order valence-electron chi connectivity index (χ3n) is 4.81. The van der Waals surface area contributed by atoms with Gasteiger partial charge >= 0.3 is 0 Å². The first kappa shape index (κ1) is 16.6. The van der Waals surface area contributed by atoms with E-state index in [2.05, 4.69) is 0 Å². The van der Waals surface area contributed by atoms with Crippen LogP contribution in [0.3, 0.4) is 0 Å². The maximum atomic E-state index is 12.7. The monoisotopic (exact) mass is 371 g/mol. The molecule has 0 radical (unpaired) electrons. The van der Waals surface area contributed by atoms with Gasteiger partial charge in [0.2, 0.25) is 6.79 Å². The van der Waals surface area contributed by atoms with Gasteiger partial charge in [0.1, 0.15) is 12.4 Å². The van der Waals surface area contributed by atoms with Crippen LogP contribution in [-0.4, -0.2) is 18.3 Å². The smallest absolute Gasteiger partial charge is 0.231 e. The van der Waals surface area contributed by atoms with E-state index in [4.69, 9.17) is 19.2 Å². The second kappa shape index (κ2) is 6.85. The summed E-state index contributed by atoms with van der Waals surface area (Å²) in [7, 11) is 0. The van der Waals surface area contributed by atoms with Crippen molar-refractivity contribution in [1.29, 1.82) is 0 Å². The molecule has 2 heterocycles. The Balaban J connectivity index is 1.49. The van der Waals surface area contributed by atoms with Crippen molar-refractivity contribution in [3.63, 3.8) is 0 Å². The lowest BCUT2D eigenvalue weighted by atomic mass is 9.95. The van der Waals surface area contributed by atoms with Crippen LogP contribution < -0.4 is 14.2 Å². The number of rotatable bonds is 4. The number of aliphatic imine (C=N–C) groups is 1. The van der Waals surface area contributed by atoms with Crippen molar-refractivity contribution in [1.82, 2.24) is 0 Å². The fourth-order valence-electron chi connectivity index (χ4n) is 3.40. The minimum atomic E-state index is 0.0103. The van der Waals surface area contributed by atoms with E-state index in [1.807, 2.05) is 54.6 Å². The number of carbonyl (C=O) groups is 1. The third-order valence-corrected chi connectivity index (χ3v) is 4.81. The standard InChI is InChI=1S/C23H17NO4/c25-20-11-18(24-19-12-23-22(10-17(19)20)27-14-28-23)16-8-4-5-9-21(16)26-13-15-6-2-1-3-7-15/h1-10,12H,11,13-14H2. The van der Waals surface area contributed by atoms with E-state index in [0.29, 0.717) is 40.8 Å². The van der Waals surface area contributed by atoms with Crippen molar-refractivity contribution >= 4 is 17.2 Å². The Morgan fingerprint density at radius 1 is 0.893 bits per heavy atom. The van der Waals surface area contributed by atoms with Gasteiger partial charge in [-0.15, -0.1) is 0 Å². The van der Waals surface area contributed by atoms with Crippen LogP contribution in [-0.2, 0) is 6.61 Å². The Hall–Kier alpha value is -3.60. The van der Waals surface area contributed by atoms with Gasteiger partial charge < -0.3 is 14.2 Å². The van der Waals surface area contributed by atoms with E-state index < -0.39 is 0 Å². The molecule has 0 saturated carbocycles. The van der Waals surface area contributed by atoms with Gasteiger partial charge in [-0.1, -0.05) is 42.5 Å². The lowest BCUT2D eigenvalue weighted by molar-refractivity contribution is 0.0999. The van der Waals surface area contributed by atoms with Gasteiger partial charge in [-0.2, -0.15) is 0 Å². The zero-order chi connectivity index (χ0) is 18.9. The molecular formula is C23H17NO4. The van der Waals surface area contributed by atoms with Crippen LogP contribution in [0.5, 0.6) is 17.2 Å². The number of benzene rings is 3. The van der Waals surface area contributed by atoms with Gasteiger partial charge in [0.15, 0.2) is 17.3 Å². The Bertz CT molecular complexity index is 1090. The topological polar surface area (TPSA) is 57.1 Å². The quantitative estimate of drug-likeness (QED) is 0.667. The summed E-state index contributed by atoms with van der Waals surface area (Å²) in [5.74, 6) is 1.93. The van der Waals surface area contributed by atoms with E-state index in [-0.39, 0.29) is 19.0 Å². The Morgan fingerprint density at radius 3 is 2.50 bits per heavy atom. The summed E-state index contributed by atoms with van der Waals surface area (Å²) < 4.78 is 16.8. The van der Waals surface area contributed by atoms with Crippen LogP contribution in [0.2, 0.25) is 0 Å². The summed E-state index contributed by atoms with van der Waals surface area (Å²) in [6, 6.07) is 21.1. The third kappa shape index (κ3) is 3.01. The normalized spacial score (nSPS) is 14.4. The zero-order valence-electron chi connectivity index (χ0n) is 15.1. The number of hydrogen-bond donors (Lipinski definition) is 0. The van der Waals surface area contributed by atoms with Crippen LogP contribution in [0.4, 0.5) is 5.69 Å². The first-order valence-electron chi connectivity index (χ1n) is 9.08. The van der Waals surface area contributed by atoms with Gasteiger partial charge in [0, 0.05) is 17.2 Å². The van der Waals surface area contributed by atoms with Crippen molar-refractivity contribution < 1.29 is 19.0 Å². The number of Topliss-reactive ketones (excluding diaryl/α,β-unsaturated/α-hetero) is 1. The summed E-state index contributed by atoms with van der Waals surface area (Å²) in [5, 5.41) is 0. The lowest BCUT2D eigenvalue weighted by Gasteiger charge is -2.18. The summed E-state index contributed by atoms with van der Waals surface area (Å²) in [5.41, 5.74) is 3.77. The summed E-state index contributed by atoms with van der Waals surface area (Å²) in [4.78, 5) is 17.5. The SMILES string of the molecule is O=C1CC(c2ccccc2OCc2ccccc2)=Nc2cc3c(cc21)OCO3. The van der Waals surface area contributed by atoms with Crippen molar-refractivity contribution in [2.24, 2.45) is 4.99 Å². The number of carbonyl (C=O) groups excluding carboxylic acids is 1. The van der Waals surface area contributed by atoms with Crippen molar-refractivity contribution in [3.8, 4) is 17.2 Å². The molecule has 0 spiro atoms. The lowest BCUT2D eigenvalue weighted by Crippen LogP contribution is -2.15. The molecule has 2 aliphatic heterocycles. The van der Waals surface area contributed by atoms with Crippen molar-refractivity contribution in [3.05, 3.63) is 83.4 Å². The molecule has 0 aromatic heterocycles. The number of fused-ring (bicyclic) bond motifs is 2. The van der Waals surface area contributed by atoms with Gasteiger partial charge in [0.05, 0.1) is 17.8 Å². The van der Waals surface area contributed by atoms with Crippen LogP contribution >= 0.6 is 0 Å². The number of ether oxygens (including phenoxy) is 3. The predicted molar refractivity (Wildman–Crippen MR) is 105 cm³/mol. The molecule has 0 saturated heterocycles. The Labute approximate surface area is 162 Å². The van der Waals surface area contributed by atoms with Gasteiger partial charge in [-0.3, -0.25) is 9.79 Å². The molecule has 0 N–H and O–H groups in total. The molecule has 5 nitrogen and oxygen atoms in total. The van der Waals surface area contributed by atoms with Crippen molar-refractivity contribution in [2.45, 2.75) is 13.0 Å². The minimum absolute atomic E-state index is 0.0103. The molecule has 3 aromatic carbocycles. The molecule has 5 heteroatoms. The molecule has 28 heavy (non-hydrogen) atoms. The number of ketones is 1. The van der Waals surface area contributed by atoms with E-state index in [1.54, 1.807) is 12.1 Å². The van der Waals surface area contributed by atoms with Gasteiger partial charge in [-0.05, 0) is 23.8 Å². The fourth-order valence-corrected chi connectivity index (χ4v) is 3.40. The highest BCUT2D eigenvalue weighted by atomic mass is 16.7. The fraction of sp³-hybridized carbons (Fsp3) is 0.130. The maximum absolute atomic E-state index is 12.7. The number of nitrogens with zero attached hydrogens (tertiary/aromatic N) is 1. The number of hydrogen-bond acceptors (Lipinski definition) is 5. The second-order valence-electron chi connectivity index (χ2n) is 6.65. The first-order chi connectivity index (χ1) is 13.8. The zero-order valence-corrected chi connectivity index (χ0v) is 15.1. The van der Waals surface area contributed by atoms with Crippen molar-refractivity contribution in [2.75, 3.05) is 6.79 Å². The number of para-hydroxylation sites is 1. The van der Waals surface area contributed by atoms with E-state index in [0.717, 1.165) is 11.1 Å². The molecule has 5 rings (SSSR count). The van der Waals surface area contributed by atoms with Crippen LogP contribution in [0.15, 0.2) is 71.7 Å². The van der Waals surface area contributed by atoms with Crippen LogP contribution in [0.25, 0.3) is 0 Å². The summed E-state index contributed by atoms with van der Waals surface area (Å²) in [6.07, 6.45) is 0.221. The molecule has 0 bridgehead atoms. The predicted octanol–water partition coefficient (Wildman–Crippen LogP) is 4.70. The molecular weight excluding hydrogens is 354 g/mol. The minimum Gasteiger partial charge on any atom is -0.488 e. The van der Waals surface area contributed by atoms with Crippen LogP contribution in [0, 0.1) is 0 Å². The molecule has 2 aliphatic rings. The average Bonchev–Trinajstić information content (AvgIpc) is 3.19. The maximum Gasteiger partial charge on any atom is 0.231 e. The molecule has 0 aliphatic carbocycles. The Morgan fingerprint density at radius 2 is 1.64 bits per heavy atom. The van der Waals surface area contributed by atoms with Gasteiger partial charge in [0.25, 0.3) is 0 Å². The Kier molecular flexibility index (Phi) is 4.05. The molecule has 0 fully saturated rings. The molecule has 0 atom stereocenters. The second-order valence-corrected chi connectivity index (χ2v) is 6.65. The highest BCUT2D eigenvalue weighted by Crippen LogP contribution is 2.41. The summed E-state index contributed by atoms with van der Waals surface area (Å²) >= 11 is 0. The van der Waals surface area contributed by atoms with E-state index >= 15 is 0 Å². The van der Waals surface area contributed by atoms with E-state index in [1.165, 1.54) is 0 Å². The first-order valence-corrected chi connectivity index (χ1v) is 9.08. The average molecular weight is 371 g/mol.